The average molecular weight is 496 g/mol. The number of ether oxygens (including phenoxy) is 1. The Morgan fingerprint density at radius 3 is 2.77 bits per heavy atom. The molecule has 1 fully saturated rings. The molecule has 1 amide bonds. The first-order valence-corrected chi connectivity index (χ1v) is 12.8. The highest BCUT2D eigenvalue weighted by atomic mass is 32.1. The molecule has 2 heterocycles. The van der Waals surface area contributed by atoms with Crippen LogP contribution in [0.1, 0.15) is 42.4 Å². The molecule has 1 aromatic carbocycles. The van der Waals surface area contributed by atoms with E-state index in [9.17, 15) is 4.79 Å². The van der Waals surface area contributed by atoms with Gasteiger partial charge in [0, 0.05) is 44.9 Å². The van der Waals surface area contributed by atoms with Gasteiger partial charge in [-0.3, -0.25) is 9.69 Å². The van der Waals surface area contributed by atoms with Crippen molar-refractivity contribution in [3.8, 4) is 5.88 Å². The lowest BCUT2D eigenvalue weighted by atomic mass is 10.1. The zero-order chi connectivity index (χ0) is 24.7. The number of rotatable bonds is 12. The summed E-state index contributed by atoms with van der Waals surface area (Å²) in [6, 6.07) is 12.2. The van der Waals surface area contributed by atoms with Gasteiger partial charge in [-0.1, -0.05) is 36.8 Å². The number of pyridine rings is 1. The summed E-state index contributed by atoms with van der Waals surface area (Å²) in [7, 11) is 0. The van der Waals surface area contributed by atoms with Crippen molar-refractivity contribution in [1.29, 1.82) is 0 Å². The topological polar surface area (TPSA) is 78.5 Å². The quantitative estimate of drug-likeness (QED) is 0.307. The molecule has 7 nitrogen and oxygen atoms in total. The van der Waals surface area contributed by atoms with E-state index < -0.39 is 0 Å². The number of thiocarbonyl (C=S) groups is 1. The van der Waals surface area contributed by atoms with Crippen LogP contribution >= 0.6 is 12.2 Å². The second kappa shape index (κ2) is 15.1. The van der Waals surface area contributed by atoms with Gasteiger partial charge in [-0.2, -0.15) is 0 Å². The van der Waals surface area contributed by atoms with Crippen LogP contribution in [0.5, 0.6) is 5.88 Å². The van der Waals surface area contributed by atoms with Crippen molar-refractivity contribution in [3.63, 3.8) is 0 Å². The van der Waals surface area contributed by atoms with E-state index in [4.69, 9.17) is 17.0 Å². The third-order valence-corrected chi connectivity index (χ3v) is 6.19. The lowest BCUT2D eigenvalue weighted by molar-refractivity contribution is -0.120. The molecule has 188 valence electrons. The zero-order valence-corrected chi connectivity index (χ0v) is 21.4. The zero-order valence-electron chi connectivity index (χ0n) is 20.6. The van der Waals surface area contributed by atoms with Gasteiger partial charge in [-0.15, -0.1) is 0 Å². The van der Waals surface area contributed by atoms with Crippen molar-refractivity contribution in [2.45, 2.75) is 45.7 Å². The Bertz CT molecular complexity index is 976. The summed E-state index contributed by atoms with van der Waals surface area (Å²) >= 11 is 5.29. The van der Waals surface area contributed by atoms with Crippen molar-refractivity contribution in [2.75, 3.05) is 32.8 Å². The summed E-state index contributed by atoms with van der Waals surface area (Å²) in [5.41, 5.74) is 3.65. The molecule has 0 radical (unpaired) electrons. The number of likely N-dealkylation sites (tertiary alicyclic amines) is 1. The van der Waals surface area contributed by atoms with Gasteiger partial charge in [-0.05, 0) is 73.9 Å². The summed E-state index contributed by atoms with van der Waals surface area (Å²) in [5.74, 6) is 0.600. The van der Waals surface area contributed by atoms with Crippen LogP contribution in [0, 0.1) is 6.92 Å². The van der Waals surface area contributed by atoms with Gasteiger partial charge in [-0.25, -0.2) is 4.98 Å². The van der Waals surface area contributed by atoms with E-state index in [2.05, 4.69) is 51.0 Å². The normalized spacial score (nSPS) is 14.0. The number of carbonyl (C=O) groups excluding carboxylic acids is 1. The molecular weight excluding hydrogens is 458 g/mol. The molecule has 3 rings (SSSR count). The first kappa shape index (κ1) is 26.6. The van der Waals surface area contributed by atoms with Crippen molar-refractivity contribution >= 4 is 23.2 Å². The van der Waals surface area contributed by atoms with Crippen LogP contribution in [-0.4, -0.2) is 53.7 Å². The first-order valence-electron chi connectivity index (χ1n) is 12.4. The largest absolute Gasteiger partial charge is 0.473 e. The SMILES string of the molecule is Cc1ccccc1CNC(=S)NCCC(=O)NC/C=C\COc1cc(CN2CCCCC2)ccn1. The number of hydrogen-bond acceptors (Lipinski definition) is 5. The van der Waals surface area contributed by atoms with E-state index >= 15 is 0 Å². The van der Waals surface area contributed by atoms with Crippen LogP contribution in [0.25, 0.3) is 0 Å². The number of piperidine rings is 1. The van der Waals surface area contributed by atoms with Gasteiger partial charge in [0.15, 0.2) is 5.11 Å². The predicted molar refractivity (Wildman–Crippen MR) is 144 cm³/mol. The molecule has 0 saturated carbocycles. The number of nitrogens with one attached hydrogen (secondary N) is 3. The predicted octanol–water partition coefficient (Wildman–Crippen LogP) is 3.48. The Balaban J connectivity index is 1.23. The molecule has 0 atom stereocenters. The Kier molecular flexibility index (Phi) is 11.5. The van der Waals surface area contributed by atoms with Crippen molar-refractivity contribution in [2.24, 2.45) is 0 Å². The molecule has 0 spiro atoms. The standard InChI is InChI=1S/C27H37N5O2S/c1-22-9-3-4-10-24(22)20-31-27(35)30-15-12-25(33)28-13-5-8-18-34-26-19-23(11-14-29-26)21-32-16-6-2-7-17-32/h3-5,8-11,14,19H,2,6-7,12-13,15-18,20-21H2,1H3,(H,28,33)(H2,30,31,35)/b8-5-. The summed E-state index contributed by atoms with van der Waals surface area (Å²) in [6.45, 7) is 7.38. The second-order valence-electron chi connectivity index (χ2n) is 8.71. The van der Waals surface area contributed by atoms with Crippen molar-refractivity contribution in [1.82, 2.24) is 25.8 Å². The van der Waals surface area contributed by atoms with E-state index in [-0.39, 0.29) is 5.91 Å². The molecule has 0 aliphatic carbocycles. The fourth-order valence-corrected chi connectivity index (χ4v) is 4.06. The molecule has 1 aromatic heterocycles. The van der Waals surface area contributed by atoms with Gasteiger partial charge >= 0.3 is 0 Å². The summed E-state index contributed by atoms with van der Waals surface area (Å²) < 4.78 is 5.74. The summed E-state index contributed by atoms with van der Waals surface area (Å²) in [6.07, 6.45) is 9.84. The second-order valence-corrected chi connectivity index (χ2v) is 9.12. The van der Waals surface area contributed by atoms with Crippen LogP contribution in [0.15, 0.2) is 54.7 Å². The number of nitrogens with zero attached hydrogens (tertiary/aromatic N) is 2. The molecule has 35 heavy (non-hydrogen) atoms. The molecule has 2 aromatic rings. The fraction of sp³-hybridized carbons (Fsp3) is 0.444. The number of aryl methyl sites for hydroxylation is 1. The summed E-state index contributed by atoms with van der Waals surface area (Å²) in [4.78, 5) is 18.8. The van der Waals surface area contributed by atoms with Crippen LogP contribution in [0.3, 0.4) is 0 Å². The highest BCUT2D eigenvalue weighted by Gasteiger charge is 2.10. The molecule has 0 unspecified atom stereocenters. The molecule has 1 saturated heterocycles. The highest BCUT2D eigenvalue weighted by Crippen LogP contribution is 2.15. The molecule has 3 N–H and O–H groups in total. The number of carbonyl (C=O) groups is 1. The number of aromatic nitrogens is 1. The van der Waals surface area contributed by atoms with Crippen molar-refractivity contribution in [3.05, 3.63) is 71.4 Å². The highest BCUT2D eigenvalue weighted by molar-refractivity contribution is 7.80. The van der Waals surface area contributed by atoms with Crippen LogP contribution in [0.4, 0.5) is 0 Å². The van der Waals surface area contributed by atoms with Gasteiger partial charge in [0.2, 0.25) is 11.8 Å². The molecule has 0 bridgehead atoms. The number of amides is 1. The average Bonchev–Trinajstić information content (AvgIpc) is 2.86. The Labute approximate surface area is 214 Å². The number of hydrogen-bond donors (Lipinski definition) is 3. The van der Waals surface area contributed by atoms with Gasteiger partial charge < -0.3 is 20.7 Å². The molecule has 1 aliphatic heterocycles. The van der Waals surface area contributed by atoms with E-state index in [0.29, 0.717) is 43.7 Å². The smallest absolute Gasteiger partial charge is 0.222 e. The lowest BCUT2D eigenvalue weighted by Gasteiger charge is -2.26. The van der Waals surface area contributed by atoms with Gasteiger partial charge in [0.25, 0.3) is 0 Å². The molecular formula is C27H37N5O2S. The Morgan fingerprint density at radius 2 is 1.94 bits per heavy atom. The van der Waals surface area contributed by atoms with Crippen LogP contribution in [0.2, 0.25) is 0 Å². The fourth-order valence-electron chi connectivity index (χ4n) is 3.89. The van der Waals surface area contributed by atoms with Gasteiger partial charge in [0.1, 0.15) is 6.61 Å². The Hall–Kier alpha value is -2.97. The lowest BCUT2D eigenvalue weighted by Crippen LogP contribution is -2.37. The van der Waals surface area contributed by atoms with Crippen LogP contribution in [-0.2, 0) is 17.9 Å². The third-order valence-electron chi connectivity index (χ3n) is 5.90. The maximum absolute atomic E-state index is 12.0. The third kappa shape index (κ3) is 10.4. The number of benzene rings is 1. The first-order chi connectivity index (χ1) is 17.1. The monoisotopic (exact) mass is 495 g/mol. The van der Waals surface area contributed by atoms with Gasteiger partial charge in [0.05, 0.1) is 0 Å². The molecule has 1 aliphatic rings. The van der Waals surface area contributed by atoms with E-state index in [1.54, 1.807) is 6.20 Å². The van der Waals surface area contributed by atoms with E-state index in [1.807, 2.05) is 30.4 Å². The maximum Gasteiger partial charge on any atom is 0.222 e. The van der Waals surface area contributed by atoms with Crippen LogP contribution < -0.4 is 20.7 Å². The van der Waals surface area contributed by atoms with Crippen molar-refractivity contribution < 1.29 is 9.53 Å². The minimum absolute atomic E-state index is 0.0307. The summed E-state index contributed by atoms with van der Waals surface area (Å²) in [5, 5.41) is 9.66. The maximum atomic E-state index is 12.0. The molecule has 8 heteroatoms. The van der Waals surface area contributed by atoms with E-state index in [1.165, 1.54) is 49.0 Å². The van der Waals surface area contributed by atoms with E-state index in [0.717, 1.165) is 6.54 Å². The minimum atomic E-state index is -0.0307. The Morgan fingerprint density at radius 1 is 1.11 bits per heavy atom. The minimum Gasteiger partial charge on any atom is -0.473 e.